The van der Waals surface area contributed by atoms with Crippen LogP contribution in [0.5, 0.6) is 0 Å². The molecule has 1 saturated carbocycles. The van der Waals surface area contributed by atoms with Gasteiger partial charge in [0.15, 0.2) is 0 Å². The van der Waals surface area contributed by atoms with Crippen molar-refractivity contribution in [3.05, 3.63) is 41.6 Å². The summed E-state index contributed by atoms with van der Waals surface area (Å²) in [6, 6.07) is 10.4. The molecule has 2 aromatic rings. The Bertz CT molecular complexity index is 553. The second kappa shape index (κ2) is 5.25. The van der Waals surface area contributed by atoms with Crippen LogP contribution < -0.4 is 4.84 Å². The molecule has 0 saturated heterocycles. The van der Waals surface area contributed by atoms with Crippen LogP contribution in [0.15, 0.2) is 30.3 Å². The van der Waals surface area contributed by atoms with E-state index in [1.54, 1.807) is 0 Å². The summed E-state index contributed by atoms with van der Waals surface area (Å²) >= 11 is 5.82. The summed E-state index contributed by atoms with van der Waals surface area (Å²) in [4.78, 5) is 2.73. The molecule has 0 amide bonds. The Hall–Kier alpha value is -1.48. The first-order valence-electron chi connectivity index (χ1n) is 6.81. The number of aromatic nitrogens is 2. The van der Waals surface area contributed by atoms with Crippen LogP contribution in [0.4, 0.5) is 5.82 Å². The molecule has 0 aliphatic heterocycles. The third kappa shape index (κ3) is 2.47. The molecular formula is C15H18ClN3. The van der Waals surface area contributed by atoms with Gasteiger partial charge in [-0.15, -0.1) is 0 Å². The minimum atomic E-state index is 0.593. The number of nitrogens with one attached hydrogen (secondary N) is 1. The normalized spacial score (nSPS) is 15.9. The van der Waals surface area contributed by atoms with Crippen molar-refractivity contribution >= 4 is 17.6 Å². The van der Waals surface area contributed by atoms with Crippen LogP contribution in [-0.4, -0.2) is 9.78 Å². The number of nitrogens with zero attached hydrogens (tertiary/aromatic N) is 2. The van der Waals surface area contributed by atoms with Gasteiger partial charge in [0.05, 0.1) is 11.4 Å². The molecule has 1 heterocycles. The van der Waals surface area contributed by atoms with E-state index in [-0.39, 0.29) is 0 Å². The lowest BCUT2D eigenvalue weighted by Gasteiger charge is -2.06. The Morgan fingerprint density at radius 3 is 2.53 bits per heavy atom. The first-order valence-corrected chi connectivity index (χ1v) is 7.19. The predicted octanol–water partition coefficient (Wildman–Crippen LogP) is 4.40. The van der Waals surface area contributed by atoms with E-state index in [2.05, 4.69) is 42.1 Å². The lowest BCUT2D eigenvalue weighted by molar-refractivity contribution is 0.679. The number of anilines is 1. The summed E-state index contributed by atoms with van der Waals surface area (Å²) in [6.45, 7) is 2.08. The fourth-order valence-corrected chi connectivity index (χ4v) is 2.91. The van der Waals surface area contributed by atoms with Crippen LogP contribution in [0, 0.1) is 6.92 Å². The summed E-state index contributed by atoms with van der Waals surface area (Å²) < 4.78 is 1.89. The highest BCUT2D eigenvalue weighted by Crippen LogP contribution is 2.35. The number of rotatable bonds is 3. The highest BCUT2D eigenvalue weighted by Gasteiger charge is 2.21. The van der Waals surface area contributed by atoms with Crippen molar-refractivity contribution in [1.29, 1.82) is 0 Å². The first kappa shape index (κ1) is 12.5. The van der Waals surface area contributed by atoms with Crippen molar-refractivity contribution < 1.29 is 0 Å². The average Bonchev–Trinajstić information content (AvgIpc) is 3.08. The molecule has 1 aromatic carbocycles. The Morgan fingerprint density at radius 2 is 1.89 bits per heavy atom. The lowest BCUT2D eigenvalue weighted by atomic mass is 10.1. The van der Waals surface area contributed by atoms with E-state index in [0.717, 1.165) is 17.2 Å². The average molecular weight is 276 g/mol. The number of hydrogen-bond acceptors (Lipinski definition) is 2. The van der Waals surface area contributed by atoms with Crippen molar-refractivity contribution in [2.45, 2.75) is 38.5 Å². The molecule has 19 heavy (non-hydrogen) atoms. The maximum Gasteiger partial charge on any atom is 0.144 e. The molecule has 0 spiro atoms. The SMILES string of the molecule is Cc1ccc(-n2nc(C3CCCC3)cc2NCl)cc1. The Morgan fingerprint density at radius 1 is 1.21 bits per heavy atom. The van der Waals surface area contributed by atoms with Crippen LogP contribution in [0.3, 0.4) is 0 Å². The minimum Gasteiger partial charge on any atom is -0.282 e. The largest absolute Gasteiger partial charge is 0.282 e. The molecule has 3 nitrogen and oxygen atoms in total. The van der Waals surface area contributed by atoms with Crippen molar-refractivity contribution in [2.24, 2.45) is 0 Å². The van der Waals surface area contributed by atoms with Gasteiger partial charge in [-0.05, 0) is 31.9 Å². The molecule has 3 rings (SSSR count). The van der Waals surface area contributed by atoms with Gasteiger partial charge >= 0.3 is 0 Å². The van der Waals surface area contributed by atoms with Gasteiger partial charge in [0, 0.05) is 23.8 Å². The molecule has 0 radical (unpaired) electrons. The van der Waals surface area contributed by atoms with E-state index in [0.29, 0.717) is 5.92 Å². The third-order valence-corrected chi connectivity index (χ3v) is 4.07. The van der Waals surface area contributed by atoms with Crippen LogP contribution >= 0.6 is 11.8 Å². The Kier molecular flexibility index (Phi) is 3.47. The zero-order valence-corrected chi connectivity index (χ0v) is 11.8. The molecule has 1 N–H and O–H groups in total. The number of aryl methyl sites for hydroxylation is 1. The van der Waals surface area contributed by atoms with E-state index >= 15 is 0 Å². The van der Waals surface area contributed by atoms with Gasteiger partial charge in [-0.25, -0.2) is 4.68 Å². The van der Waals surface area contributed by atoms with Gasteiger partial charge in [0.2, 0.25) is 0 Å². The monoisotopic (exact) mass is 275 g/mol. The number of halogens is 1. The Balaban J connectivity index is 1.97. The molecule has 1 aromatic heterocycles. The van der Waals surface area contributed by atoms with Gasteiger partial charge in [-0.1, -0.05) is 30.5 Å². The molecular weight excluding hydrogens is 258 g/mol. The number of benzene rings is 1. The van der Waals surface area contributed by atoms with E-state index in [9.17, 15) is 0 Å². The maximum atomic E-state index is 5.82. The van der Waals surface area contributed by atoms with Crippen LogP contribution in [0.2, 0.25) is 0 Å². The van der Waals surface area contributed by atoms with E-state index in [4.69, 9.17) is 16.9 Å². The van der Waals surface area contributed by atoms with Crippen molar-refractivity contribution in [3.63, 3.8) is 0 Å². The molecule has 4 heteroatoms. The van der Waals surface area contributed by atoms with Crippen molar-refractivity contribution in [2.75, 3.05) is 4.84 Å². The molecule has 1 aliphatic rings. The van der Waals surface area contributed by atoms with Gasteiger partial charge in [-0.3, -0.25) is 4.84 Å². The van der Waals surface area contributed by atoms with Gasteiger partial charge in [-0.2, -0.15) is 5.10 Å². The Labute approximate surface area is 118 Å². The zero-order valence-electron chi connectivity index (χ0n) is 11.1. The molecule has 1 aliphatic carbocycles. The predicted molar refractivity (Wildman–Crippen MR) is 79.0 cm³/mol. The highest BCUT2D eigenvalue weighted by molar-refractivity contribution is 6.23. The molecule has 100 valence electrons. The smallest absolute Gasteiger partial charge is 0.144 e. The maximum absolute atomic E-state index is 5.82. The summed E-state index contributed by atoms with van der Waals surface area (Å²) in [6.07, 6.45) is 5.11. The standard InChI is InChI=1S/C15H18ClN3/c1-11-6-8-13(9-7-11)19-15(17-16)10-14(18-19)12-4-2-3-5-12/h6-10,12,17H,2-5H2,1H3. The first-order chi connectivity index (χ1) is 9.28. The van der Waals surface area contributed by atoms with Crippen LogP contribution in [-0.2, 0) is 0 Å². The second-order valence-corrected chi connectivity index (χ2v) is 5.47. The quantitative estimate of drug-likeness (QED) is 0.841. The topological polar surface area (TPSA) is 29.9 Å². The second-order valence-electron chi connectivity index (χ2n) is 5.28. The summed E-state index contributed by atoms with van der Waals surface area (Å²) in [5.74, 6) is 1.43. The third-order valence-electron chi connectivity index (χ3n) is 3.88. The fourth-order valence-electron chi connectivity index (χ4n) is 2.77. The summed E-state index contributed by atoms with van der Waals surface area (Å²) in [5, 5.41) is 4.73. The molecule has 0 bridgehead atoms. The summed E-state index contributed by atoms with van der Waals surface area (Å²) in [7, 11) is 0. The van der Waals surface area contributed by atoms with Crippen LogP contribution in [0.25, 0.3) is 5.69 Å². The molecule has 1 fully saturated rings. The van der Waals surface area contributed by atoms with Gasteiger partial charge in [0.1, 0.15) is 5.82 Å². The number of hydrogen-bond donors (Lipinski definition) is 1. The van der Waals surface area contributed by atoms with Crippen molar-refractivity contribution in [1.82, 2.24) is 9.78 Å². The van der Waals surface area contributed by atoms with E-state index in [1.165, 1.54) is 31.2 Å². The van der Waals surface area contributed by atoms with Crippen LogP contribution in [0.1, 0.15) is 42.9 Å². The van der Waals surface area contributed by atoms with E-state index < -0.39 is 0 Å². The highest BCUT2D eigenvalue weighted by atomic mass is 35.5. The molecule has 0 atom stereocenters. The minimum absolute atomic E-state index is 0.593. The fraction of sp³-hybridized carbons (Fsp3) is 0.400. The van der Waals surface area contributed by atoms with Gasteiger partial charge < -0.3 is 0 Å². The lowest BCUT2D eigenvalue weighted by Crippen LogP contribution is -2.01. The van der Waals surface area contributed by atoms with Crippen molar-refractivity contribution in [3.8, 4) is 5.69 Å². The zero-order chi connectivity index (χ0) is 13.2. The van der Waals surface area contributed by atoms with E-state index in [1.807, 2.05) is 4.68 Å². The summed E-state index contributed by atoms with van der Waals surface area (Å²) in [5.41, 5.74) is 3.44. The van der Waals surface area contributed by atoms with Gasteiger partial charge in [0.25, 0.3) is 0 Å². The molecule has 0 unspecified atom stereocenters.